The summed E-state index contributed by atoms with van der Waals surface area (Å²) in [6, 6.07) is 11.8. The number of nitrogens with zero attached hydrogens (tertiary/aromatic N) is 4. The average Bonchev–Trinajstić information content (AvgIpc) is 2.69. The molecule has 2 aromatic carbocycles. The van der Waals surface area contributed by atoms with Gasteiger partial charge >= 0.3 is 6.18 Å². The van der Waals surface area contributed by atoms with E-state index in [1.807, 2.05) is 6.07 Å². The zero-order valence-corrected chi connectivity index (χ0v) is 15.8. The van der Waals surface area contributed by atoms with Gasteiger partial charge in [0.15, 0.2) is 0 Å². The Morgan fingerprint density at radius 1 is 0.966 bits per heavy atom. The molecule has 0 radical (unpaired) electrons. The standard InChI is InChI=1S/C18H15ClF3N7/c1-23-15-26-16(25-13-7-4-6-12(9-13)18(20,21)22)28-17(27-15)29-24-10-11-5-2-3-8-14(11)19/h2-10H,1H3,(H3,23,25,26,27,28,29)/b24-10+. The summed E-state index contributed by atoms with van der Waals surface area (Å²) in [5.74, 6) is 0.325. The zero-order valence-electron chi connectivity index (χ0n) is 15.0. The van der Waals surface area contributed by atoms with E-state index < -0.39 is 11.7 Å². The van der Waals surface area contributed by atoms with Crippen LogP contribution in [0, 0.1) is 0 Å². The molecule has 0 spiro atoms. The fraction of sp³-hybridized carbons (Fsp3) is 0.111. The fourth-order valence-electron chi connectivity index (χ4n) is 2.24. The Bertz CT molecular complexity index is 1020. The van der Waals surface area contributed by atoms with E-state index in [4.69, 9.17) is 11.6 Å². The first-order valence-corrected chi connectivity index (χ1v) is 8.64. The first-order chi connectivity index (χ1) is 13.8. The molecular weight excluding hydrogens is 407 g/mol. The van der Waals surface area contributed by atoms with Gasteiger partial charge in [-0.25, -0.2) is 5.43 Å². The maximum Gasteiger partial charge on any atom is 0.416 e. The van der Waals surface area contributed by atoms with E-state index in [1.54, 1.807) is 25.2 Å². The van der Waals surface area contributed by atoms with E-state index in [9.17, 15) is 13.2 Å². The molecule has 0 aliphatic rings. The first-order valence-electron chi connectivity index (χ1n) is 8.27. The van der Waals surface area contributed by atoms with Gasteiger partial charge in [-0.15, -0.1) is 0 Å². The fourth-order valence-corrected chi connectivity index (χ4v) is 2.42. The van der Waals surface area contributed by atoms with Crippen LogP contribution in [0.1, 0.15) is 11.1 Å². The van der Waals surface area contributed by atoms with Crippen molar-refractivity contribution in [1.29, 1.82) is 0 Å². The Hall–Kier alpha value is -3.40. The second kappa shape index (κ2) is 8.74. The summed E-state index contributed by atoms with van der Waals surface area (Å²) in [4.78, 5) is 12.3. The van der Waals surface area contributed by atoms with Crippen molar-refractivity contribution < 1.29 is 13.2 Å². The lowest BCUT2D eigenvalue weighted by Crippen LogP contribution is -2.08. The molecule has 0 bridgehead atoms. The highest BCUT2D eigenvalue weighted by Gasteiger charge is 2.30. The summed E-state index contributed by atoms with van der Waals surface area (Å²) < 4.78 is 38.6. The Labute approximate surface area is 169 Å². The molecule has 29 heavy (non-hydrogen) atoms. The number of benzene rings is 2. The summed E-state index contributed by atoms with van der Waals surface area (Å²) in [6.45, 7) is 0. The molecule has 0 atom stereocenters. The Morgan fingerprint density at radius 3 is 2.41 bits per heavy atom. The molecular formula is C18H15ClF3N7. The number of nitrogens with one attached hydrogen (secondary N) is 3. The van der Waals surface area contributed by atoms with E-state index in [1.165, 1.54) is 18.3 Å². The normalized spacial score (nSPS) is 11.5. The molecule has 11 heteroatoms. The topological polar surface area (TPSA) is 87.1 Å². The Morgan fingerprint density at radius 2 is 1.69 bits per heavy atom. The number of alkyl halides is 3. The minimum Gasteiger partial charge on any atom is -0.357 e. The van der Waals surface area contributed by atoms with Crippen LogP contribution in [0.25, 0.3) is 0 Å². The molecule has 150 valence electrons. The molecule has 0 amide bonds. The van der Waals surface area contributed by atoms with Crippen molar-refractivity contribution in [2.24, 2.45) is 5.10 Å². The summed E-state index contributed by atoms with van der Waals surface area (Å²) in [7, 11) is 1.60. The molecule has 0 saturated carbocycles. The highest BCUT2D eigenvalue weighted by Crippen LogP contribution is 2.31. The number of halogens is 4. The van der Waals surface area contributed by atoms with Crippen molar-refractivity contribution in [3.63, 3.8) is 0 Å². The molecule has 7 nitrogen and oxygen atoms in total. The van der Waals surface area contributed by atoms with Crippen molar-refractivity contribution in [2.45, 2.75) is 6.18 Å². The number of hydrogen-bond acceptors (Lipinski definition) is 7. The Balaban J connectivity index is 1.79. The lowest BCUT2D eigenvalue weighted by molar-refractivity contribution is -0.137. The highest BCUT2D eigenvalue weighted by atomic mass is 35.5. The lowest BCUT2D eigenvalue weighted by atomic mass is 10.2. The molecule has 0 aliphatic heterocycles. The molecule has 1 aromatic heterocycles. The second-order valence-corrected chi connectivity index (χ2v) is 6.06. The largest absolute Gasteiger partial charge is 0.416 e. The molecule has 3 N–H and O–H groups in total. The zero-order chi connectivity index (χ0) is 20.9. The van der Waals surface area contributed by atoms with Crippen LogP contribution in [-0.4, -0.2) is 28.2 Å². The van der Waals surface area contributed by atoms with Crippen LogP contribution < -0.4 is 16.1 Å². The van der Waals surface area contributed by atoms with Crippen molar-refractivity contribution >= 4 is 41.3 Å². The predicted octanol–water partition coefficient (Wildman–Crippen LogP) is 4.78. The molecule has 1 heterocycles. The van der Waals surface area contributed by atoms with Crippen molar-refractivity contribution in [3.05, 3.63) is 64.7 Å². The minimum absolute atomic E-state index is 0.0409. The Kier molecular flexibility index (Phi) is 6.13. The van der Waals surface area contributed by atoms with Gasteiger partial charge in [-0.1, -0.05) is 35.9 Å². The summed E-state index contributed by atoms with van der Waals surface area (Å²) in [5, 5.41) is 10.0. The number of anilines is 4. The lowest BCUT2D eigenvalue weighted by Gasteiger charge is -2.11. The van der Waals surface area contributed by atoms with Crippen LogP contribution in [-0.2, 0) is 6.18 Å². The smallest absolute Gasteiger partial charge is 0.357 e. The predicted molar refractivity (Wildman–Crippen MR) is 107 cm³/mol. The molecule has 0 fully saturated rings. The van der Waals surface area contributed by atoms with Crippen molar-refractivity contribution in [1.82, 2.24) is 15.0 Å². The van der Waals surface area contributed by atoms with Crippen LogP contribution >= 0.6 is 11.6 Å². The van der Waals surface area contributed by atoms with Gasteiger partial charge in [0.1, 0.15) is 0 Å². The SMILES string of the molecule is CNc1nc(N/N=C/c2ccccc2Cl)nc(Nc2cccc(C(F)(F)F)c2)n1. The van der Waals surface area contributed by atoms with Gasteiger partial charge in [-0.3, -0.25) is 0 Å². The van der Waals surface area contributed by atoms with E-state index in [0.29, 0.717) is 10.6 Å². The third kappa shape index (κ3) is 5.55. The monoisotopic (exact) mass is 421 g/mol. The summed E-state index contributed by atoms with van der Waals surface area (Å²) in [5.41, 5.74) is 2.73. The first kappa shape index (κ1) is 20.3. The molecule has 3 rings (SSSR count). The van der Waals surface area contributed by atoms with Crippen LogP contribution in [0.5, 0.6) is 0 Å². The van der Waals surface area contributed by atoms with E-state index in [0.717, 1.165) is 12.1 Å². The minimum atomic E-state index is -4.45. The highest BCUT2D eigenvalue weighted by molar-refractivity contribution is 6.33. The van der Waals surface area contributed by atoms with Gasteiger partial charge in [-0.2, -0.15) is 33.2 Å². The number of hydrazone groups is 1. The van der Waals surface area contributed by atoms with Crippen molar-refractivity contribution in [3.8, 4) is 0 Å². The van der Waals surface area contributed by atoms with Crippen molar-refractivity contribution in [2.75, 3.05) is 23.1 Å². The number of hydrogen-bond donors (Lipinski definition) is 3. The van der Waals surface area contributed by atoms with Gasteiger partial charge in [0.05, 0.1) is 11.8 Å². The number of rotatable bonds is 6. The van der Waals surface area contributed by atoms with Gasteiger partial charge in [0.25, 0.3) is 0 Å². The third-order valence-electron chi connectivity index (χ3n) is 3.58. The maximum atomic E-state index is 12.9. The molecule has 0 saturated heterocycles. The summed E-state index contributed by atoms with van der Waals surface area (Å²) in [6.07, 6.45) is -2.96. The number of aromatic nitrogens is 3. The van der Waals surface area contributed by atoms with Gasteiger partial charge in [0.2, 0.25) is 17.8 Å². The van der Waals surface area contributed by atoms with Crippen LogP contribution in [0.3, 0.4) is 0 Å². The summed E-state index contributed by atoms with van der Waals surface area (Å²) >= 11 is 6.05. The van der Waals surface area contributed by atoms with Gasteiger partial charge < -0.3 is 10.6 Å². The average molecular weight is 422 g/mol. The quantitative estimate of drug-likeness (QED) is 0.392. The van der Waals surface area contributed by atoms with Crippen LogP contribution in [0.15, 0.2) is 53.6 Å². The molecule has 0 unspecified atom stereocenters. The van der Waals surface area contributed by atoms with E-state index >= 15 is 0 Å². The maximum absolute atomic E-state index is 12.9. The van der Waals surface area contributed by atoms with E-state index in [2.05, 4.69) is 36.1 Å². The van der Waals surface area contributed by atoms with Gasteiger partial charge in [0, 0.05) is 23.3 Å². The van der Waals surface area contributed by atoms with E-state index in [-0.39, 0.29) is 23.5 Å². The van der Waals surface area contributed by atoms with Crippen LogP contribution in [0.2, 0.25) is 5.02 Å². The second-order valence-electron chi connectivity index (χ2n) is 5.65. The van der Waals surface area contributed by atoms with Gasteiger partial charge in [-0.05, 0) is 24.3 Å². The molecule has 3 aromatic rings. The van der Waals surface area contributed by atoms with Crippen LogP contribution in [0.4, 0.5) is 36.7 Å². The third-order valence-corrected chi connectivity index (χ3v) is 3.92. The molecule has 0 aliphatic carbocycles.